The number of hydrogen-bond donors (Lipinski definition) is 1. The van der Waals surface area contributed by atoms with Crippen LogP contribution in [0.4, 0.5) is 0 Å². The smallest absolute Gasteiger partial charge is 0.0786 e. The molecule has 0 spiro atoms. The third kappa shape index (κ3) is 2.35. The number of halogens is 1. The minimum Gasteiger partial charge on any atom is -0.376 e. The second kappa shape index (κ2) is 4.27. The van der Waals surface area contributed by atoms with Crippen molar-refractivity contribution in [2.45, 2.75) is 37.3 Å². The first kappa shape index (κ1) is 11.5. The zero-order valence-electron chi connectivity index (χ0n) is 9.86. The molecule has 2 atom stereocenters. The molecular weight excluding hydrogens is 234 g/mol. The van der Waals surface area contributed by atoms with Crippen molar-refractivity contribution in [1.29, 1.82) is 0 Å². The lowest BCUT2D eigenvalue weighted by Gasteiger charge is -2.30. The number of rotatable bonds is 3. The van der Waals surface area contributed by atoms with E-state index in [9.17, 15) is 0 Å². The first-order chi connectivity index (χ1) is 8.17. The molecule has 1 saturated heterocycles. The average molecular weight is 252 g/mol. The largest absolute Gasteiger partial charge is 0.376 e. The fourth-order valence-electron chi connectivity index (χ4n) is 2.86. The van der Waals surface area contributed by atoms with Gasteiger partial charge in [0, 0.05) is 17.2 Å². The van der Waals surface area contributed by atoms with Gasteiger partial charge in [-0.1, -0.05) is 23.7 Å². The molecule has 17 heavy (non-hydrogen) atoms. The zero-order valence-corrected chi connectivity index (χ0v) is 10.6. The Balaban J connectivity index is 1.76. The van der Waals surface area contributed by atoms with Crippen LogP contribution < -0.4 is 5.73 Å². The Morgan fingerprint density at radius 1 is 1.29 bits per heavy atom. The maximum absolute atomic E-state index is 6.56. The predicted octanol–water partition coefficient (Wildman–Crippen LogP) is 2.78. The molecule has 0 radical (unpaired) electrons. The van der Waals surface area contributed by atoms with Crippen LogP contribution in [0.15, 0.2) is 24.3 Å². The average Bonchev–Trinajstić information content (AvgIpc) is 3.07. The van der Waals surface area contributed by atoms with Gasteiger partial charge in [0.2, 0.25) is 0 Å². The molecule has 2 fully saturated rings. The quantitative estimate of drug-likeness (QED) is 0.897. The molecule has 1 heterocycles. The Bertz CT molecular complexity index is 401. The van der Waals surface area contributed by atoms with E-state index in [-0.39, 0.29) is 11.6 Å². The highest BCUT2D eigenvalue weighted by molar-refractivity contribution is 6.30. The summed E-state index contributed by atoms with van der Waals surface area (Å²) < 4.78 is 5.84. The van der Waals surface area contributed by atoms with Gasteiger partial charge in [-0.25, -0.2) is 0 Å². The molecule has 0 aromatic heterocycles. The van der Waals surface area contributed by atoms with E-state index in [1.807, 2.05) is 12.1 Å². The van der Waals surface area contributed by atoms with E-state index < -0.39 is 0 Å². The van der Waals surface area contributed by atoms with Crippen LogP contribution in [0.3, 0.4) is 0 Å². The second-order valence-electron chi connectivity index (χ2n) is 5.42. The lowest BCUT2D eigenvalue weighted by molar-refractivity contribution is 0.0627. The van der Waals surface area contributed by atoms with Crippen molar-refractivity contribution in [3.8, 4) is 0 Å². The van der Waals surface area contributed by atoms with Crippen molar-refractivity contribution in [2.75, 3.05) is 6.61 Å². The van der Waals surface area contributed by atoms with Gasteiger partial charge >= 0.3 is 0 Å². The maximum atomic E-state index is 6.56. The van der Waals surface area contributed by atoms with Crippen LogP contribution in [0.25, 0.3) is 0 Å². The highest BCUT2D eigenvalue weighted by Crippen LogP contribution is 2.43. The molecule has 92 valence electrons. The first-order valence-electron chi connectivity index (χ1n) is 6.32. The van der Waals surface area contributed by atoms with Crippen molar-refractivity contribution >= 4 is 11.6 Å². The molecule has 1 aromatic carbocycles. The van der Waals surface area contributed by atoms with E-state index in [2.05, 4.69) is 12.1 Å². The number of ether oxygens (including phenoxy) is 1. The highest BCUT2D eigenvalue weighted by atomic mass is 35.5. The summed E-state index contributed by atoms with van der Waals surface area (Å²) in [5.74, 6) is 0.704. The van der Waals surface area contributed by atoms with Crippen LogP contribution in [-0.2, 0) is 11.2 Å². The minimum absolute atomic E-state index is 0.172. The van der Waals surface area contributed by atoms with E-state index in [1.54, 1.807) is 0 Å². The van der Waals surface area contributed by atoms with Gasteiger partial charge in [0.25, 0.3) is 0 Å². The van der Waals surface area contributed by atoms with Crippen LogP contribution >= 0.6 is 11.6 Å². The van der Waals surface area contributed by atoms with E-state index in [1.165, 1.54) is 18.4 Å². The number of hydrogen-bond acceptors (Lipinski definition) is 2. The Morgan fingerprint density at radius 3 is 2.65 bits per heavy atom. The summed E-state index contributed by atoms with van der Waals surface area (Å²) in [7, 11) is 0. The van der Waals surface area contributed by atoms with Gasteiger partial charge in [-0.2, -0.15) is 0 Å². The van der Waals surface area contributed by atoms with Crippen LogP contribution in [0, 0.1) is 5.92 Å². The van der Waals surface area contributed by atoms with Gasteiger partial charge in [-0.15, -0.1) is 0 Å². The topological polar surface area (TPSA) is 35.2 Å². The van der Waals surface area contributed by atoms with E-state index in [0.29, 0.717) is 5.92 Å². The lowest BCUT2D eigenvalue weighted by Crippen LogP contribution is -2.50. The summed E-state index contributed by atoms with van der Waals surface area (Å²) in [6, 6.07) is 8.00. The summed E-state index contributed by atoms with van der Waals surface area (Å²) >= 11 is 5.90. The molecule has 3 rings (SSSR count). The van der Waals surface area contributed by atoms with Gasteiger partial charge in [-0.3, -0.25) is 0 Å². The summed E-state index contributed by atoms with van der Waals surface area (Å²) in [5.41, 5.74) is 7.64. The molecule has 2 nitrogen and oxygen atoms in total. The zero-order chi connectivity index (χ0) is 11.9. The van der Waals surface area contributed by atoms with Crippen molar-refractivity contribution in [2.24, 2.45) is 11.7 Å². The van der Waals surface area contributed by atoms with Gasteiger partial charge in [0.1, 0.15) is 0 Å². The maximum Gasteiger partial charge on any atom is 0.0786 e. The normalized spacial score (nSPS) is 32.9. The van der Waals surface area contributed by atoms with Gasteiger partial charge < -0.3 is 10.5 Å². The lowest BCUT2D eigenvalue weighted by atomic mass is 9.83. The minimum atomic E-state index is -0.172. The molecule has 2 aliphatic rings. The fraction of sp³-hybridized carbons (Fsp3) is 0.571. The molecule has 0 amide bonds. The third-order valence-corrected chi connectivity index (χ3v) is 4.18. The van der Waals surface area contributed by atoms with E-state index in [0.717, 1.165) is 24.5 Å². The van der Waals surface area contributed by atoms with E-state index in [4.69, 9.17) is 22.1 Å². The Hall–Kier alpha value is -0.570. The van der Waals surface area contributed by atoms with Crippen molar-refractivity contribution in [3.63, 3.8) is 0 Å². The molecule has 2 unspecified atom stereocenters. The fourth-order valence-corrected chi connectivity index (χ4v) is 2.99. The summed E-state index contributed by atoms with van der Waals surface area (Å²) in [4.78, 5) is 0. The van der Waals surface area contributed by atoms with Gasteiger partial charge in [0.15, 0.2) is 0 Å². The molecule has 1 saturated carbocycles. The van der Waals surface area contributed by atoms with Crippen LogP contribution in [0.2, 0.25) is 5.02 Å². The predicted molar refractivity (Wildman–Crippen MR) is 69.2 cm³/mol. The van der Waals surface area contributed by atoms with Gasteiger partial charge in [0.05, 0.1) is 6.10 Å². The number of benzene rings is 1. The monoisotopic (exact) mass is 251 g/mol. The SMILES string of the molecule is NC1(Cc2ccc(Cl)cc2)CCOC1C1CC1. The second-order valence-corrected chi connectivity index (χ2v) is 5.85. The van der Waals surface area contributed by atoms with Crippen LogP contribution in [0.5, 0.6) is 0 Å². The van der Waals surface area contributed by atoms with E-state index >= 15 is 0 Å². The standard InChI is InChI=1S/C14H18ClNO/c15-12-5-1-10(2-6-12)9-14(16)7-8-17-13(14)11-3-4-11/h1-2,5-6,11,13H,3-4,7-9,16H2. The van der Waals surface area contributed by atoms with Crippen LogP contribution in [-0.4, -0.2) is 18.2 Å². The molecule has 1 aliphatic carbocycles. The first-order valence-corrected chi connectivity index (χ1v) is 6.70. The molecule has 1 aromatic rings. The summed E-state index contributed by atoms with van der Waals surface area (Å²) in [6.45, 7) is 0.811. The Kier molecular flexibility index (Phi) is 2.89. The van der Waals surface area contributed by atoms with Gasteiger partial charge in [-0.05, 0) is 49.3 Å². The molecule has 2 N–H and O–H groups in total. The summed E-state index contributed by atoms with van der Waals surface area (Å²) in [5, 5.41) is 0.779. The third-order valence-electron chi connectivity index (χ3n) is 3.93. The van der Waals surface area contributed by atoms with Crippen molar-refractivity contribution in [3.05, 3.63) is 34.9 Å². The highest BCUT2D eigenvalue weighted by Gasteiger charge is 2.48. The molecule has 3 heteroatoms. The number of nitrogens with two attached hydrogens (primary N) is 1. The van der Waals surface area contributed by atoms with Crippen LogP contribution in [0.1, 0.15) is 24.8 Å². The molecular formula is C14H18ClNO. The Labute approximate surface area is 107 Å². The molecule has 1 aliphatic heterocycles. The van der Waals surface area contributed by atoms with Crippen molar-refractivity contribution in [1.82, 2.24) is 0 Å². The van der Waals surface area contributed by atoms with Crippen molar-refractivity contribution < 1.29 is 4.74 Å². The summed E-state index contributed by atoms with van der Waals surface area (Å²) in [6.07, 6.45) is 4.69. The molecule has 0 bridgehead atoms. The Morgan fingerprint density at radius 2 is 2.00 bits per heavy atom.